The number of nitriles is 1. The summed E-state index contributed by atoms with van der Waals surface area (Å²) in [7, 11) is 0. The summed E-state index contributed by atoms with van der Waals surface area (Å²) in [6, 6.07) is 11.5. The number of benzene rings is 1. The largest absolute Gasteiger partial charge is 0.411 e. The fourth-order valence-corrected chi connectivity index (χ4v) is 3.73. The molecular weight excluding hydrogens is 370 g/mol. The van der Waals surface area contributed by atoms with Crippen LogP contribution in [0.5, 0.6) is 0 Å². The van der Waals surface area contributed by atoms with Gasteiger partial charge in [0.1, 0.15) is 11.1 Å². The van der Waals surface area contributed by atoms with Crippen LogP contribution in [0, 0.1) is 11.3 Å². The Balaban J connectivity index is 1.43. The highest BCUT2D eigenvalue weighted by molar-refractivity contribution is 7.99. The average Bonchev–Trinajstić information content (AvgIpc) is 3.38. The van der Waals surface area contributed by atoms with Gasteiger partial charge in [-0.3, -0.25) is 4.79 Å². The van der Waals surface area contributed by atoms with Crippen LogP contribution in [0.3, 0.4) is 0 Å². The summed E-state index contributed by atoms with van der Waals surface area (Å²) in [5.74, 6) is 0.273. The zero-order valence-electron chi connectivity index (χ0n) is 13.2. The number of para-hydroxylation sites is 1. The number of nitrogens with one attached hydrogen (secondary N) is 2. The van der Waals surface area contributed by atoms with Gasteiger partial charge in [0.2, 0.25) is 5.91 Å². The zero-order chi connectivity index (χ0) is 17.9. The molecule has 0 atom stereocenters. The Kier molecular flexibility index (Phi) is 4.43. The first kappa shape index (κ1) is 16.4. The first-order chi connectivity index (χ1) is 12.7. The van der Waals surface area contributed by atoms with Crippen molar-refractivity contribution in [1.29, 1.82) is 5.26 Å². The number of thiophene rings is 1. The molecule has 2 N–H and O–H groups in total. The van der Waals surface area contributed by atoms with Crippen molar-refractivity contribution in [2.24, 2.45) is 0 Å². The molecule has 0 aliphatic carbocycles. The van der Waals surface area contributed by atoms with Crippen molar-refractivity contribution in [2.45, 2.75) is 5.22 Å². The summed E-state index contributed by atoms with van der Waals surface area (Å²) in [5, 5.41) is 23.3. The van der Waals surface area contributed by atoms with Crippen LogP contribution in [0.1, 0.15) is 5.56 Å². The second-order valence-corrected chi connectivity index (χ2v) is 7.08. The number of hydrogen-bond donors (Lipinski definition) is 2. The molecule has 0 aliphatic heterocycles. The van der Waals surface area contributed by atoms with E-state index in [2.05, 4.69) is 20.5 Å². The smallest absolute Gasteiger partial charge is 0.277 e. The molecule has 26 heavy (non-hydrogen) atoms. The summed E-state index contributed by atoms with van der Waals surface area (Å²) in [6.07, 6.45) is 1.82. The maximum atomic E-state index is 12.0. The van der Waals surface area contributed by atoms with Crippen molar-refractivity contribution < 1.29 is 9.21 Å². The lowest BCUT2D eigenvalue weighted by atomic mass is 10.2. The summed E-state index contributed by atoms with van der Waals surface area (Å²) in [6.45, 7) is 0. The molecule has 0 fully saturated rings. The standard InChI is InChI=1S/C17H11N5O2S2/c18-7-10-5-6-25-16(10)20-14(23)9-26-17-22-21-15(24-17)12-8-19-13-4-2-1-3-11(12)13/h1-6,8,19H,9H2,(H,20,23). The van der Waals surface area contributed by atoms with Crippen LogP contribution in [0.4, 0.5) is 5.00 Å². The number of carbonyl (C=O) groups is 1. The van der Waals surface area contributed by atoms with E-state index in [4.69, 9.17) is 9.68 Å². The summed E-state index contributed by atoms with van der Waals surface area (Å²) in [4.78, 5) is 15.2. The number of aromatic nitrogens is 3. The molecule has 0 aliphatic rings. The molecule has 4 aromatic rings. The molecule has 3 aromatic heterocycles. The Morgan fingerprint density at radius 2 is 2.23 bits per heavy atom. The molecule has 9 heteroatoms. The van der Waals surface area contributed by atoms with Crippen molar-refractivity contribution in [2.75, 3.05) is 11.1 Å². The molecule has 0 radical (unpaired) electrons. The van der Waals surface area contributed by atoms with E-state index in [1.54, 1.807) is 11.4 Å². The van der Waals surface area contributed by atoms with Gasteiger partial charge in [0, 0.05) is 17.1 Å². The predicted molar refractivity (Wildman–Crippen MR) is 100.0 cm³/mol. The minimum absolute atomic E-state index is 0.109. The fraction of sp³-hybridized carbons (Fsp3) is 0.0588. The summed E-state index contributed by atoms with van der Waals surface area (Å²) in [5.41, 5.74) is 2.26. The Hall–Kier alpha value is -3.09. The number of anilines is 1. The highest BCUT2D eigenvalue weighted by Crippen LogP contribution is 2.29. The van der Waals surface area contributed by atoms with Gasteiger partial charge in [-0.25, -0.2) is 0 Å². The molecule has 3 heterocycles. The first-order valence-electron chi connectivity index (χ1n) is 7.55. The maximum Gasteiger partial charge on any atom is 0.277 e. The number of hydrogen-bond acceptors (Lipinski definition) is 7. The van der Waals surface area contributed by atoms with Crippen LogP contribution in [-0.4, -0.2) is 26.8 Å². The molecule has 0 bridgehead atoms. The van der Waals surface area contributed by atoms with Crippen molar-refractivity contribution in [3.63, 3.8) is 0 Å². The predicted octanol–water partition coefficient (Wildman–Crippen LogP) is 3.88. The molecule has 0 spiro atoms. The number of amides is 1. The monoisotopic (exact) mass is 381 g/mol. The Morgan fingerprint density at radius 3 is 3.12 bits per heavy atom. The van der Waals surface area contributed by atoms with Gasteiger partial charge in [0.15, 0.2) is 0 Å². The van der Waals surface area contributed by atoms with Gasteiger partial charge in [-0.05, 0) is 17.5 Å². The second-order valence-electron chi connectivity index (χ2n) is 5.23. The Morgan fingerprint density at radius 1 is 1.35 bits per heavy atom. The summed E-state index contributed by atoms with van der Waals surface area (Å²) >= 11 is 2.46. The summed E-state index contributed by atoms with van der Waals surface area (Å²) < 4.78 is 5.66. The zero-order valence-corrected chi connectivity index (χ0v) is 14.9. The SMILES string of the molecule is N#Cc1ccsc1NC(=O)CSc1nnc(-c2c[nH]c3ccccc23)o1. The van der Waals surface area contributed by atoms with Crippen molar-refractivity contribution in [3.8, 4) is 17.5 Å². The van der Waals surface area contributed by atoms with Crippen LogP contribution >= 0.6 is 23.1 Å². The van der Waals surface area contributed by atoms with Gasteiger partial charge in [-0.1, -0.05) is 30.0 Å². The Bertz CT molecular complexity index is 1120. The third-order valence-electron chi connectivity index (χ3n) is 3.59. The number of H-pyrrole nitrogens is 1. The van der Waals surface area contributed by atoms with Gasteiger partial charge >= 0.3 is 0 Å². The lowest BCUT2D eigenvalue weighted by Gasteiger charge is -2.01. The van der Waals surface area contributed by atoms with Gasteiger partial charge in [-0.15, -0.1) is 21.5 Å². The molecule has 4 rings (SSSR count). The third-order valence-corrected chi connectivity index (χ3v) is 5.24. The highest BCUT2D eigenvalue weighted by atomic mass is 32.2. The van der Waals surface area contributed by atoms with Crippen LogP contribution < -0.4 is 5.32 Å². The van der Waals surface area contributed by atoms with Crippen LogP contribution in [0.2, 0.25) is 0 Å². The minimum atomic E-state index is -0.235. The van der Waals surface area contributed by atoms with E-state index in [9.17, 15) is 4.79 Å². The molecule has 1 aromatic carbocycles. The van der Waals surface area contributed by atoms with Crippen molar-refractivity contribution in [3.05, 3.63) is 47.5 Å². The maximum absolute atomic E-state index is 12.0. The molecule has 0 saturated heterocycles. The normalized spacial score (nSPS) is 10.7. The molecular formula is C17H11N5O2S2. The average molecular weight is 381 g/mol. The number of thioether (sulfide) groups is 1. The van der Waals surface area contributed by atoms with Gasteiger partial charge in [-0.2, -0.15) is 5.26 Å². The number of aromatic amines is 1. The van der Waals surface area contributed by atoms with E-state index in [-0.39, 0.29) is 11.7 Å². The van der Waals surface area contributed by atoms with Crippen molar-refractivity contribution in [1.82, 2.24) is 15.2 Å². The van der Waals surface area contributed by atoms with Crippen LogP contribution in [-0.2, 0) is 4.79 Å². The number of fused-ring (bicyclic) bond motifs is 1. The Labute approximate surface area is 156 Å². The van der Waals surface area contributed by atoms with E-state index in [0.29, 0.717) is 21.7 Å². The molecule has 128 valence electrons. The van der Waals surface area contributed by atoms with E-state index < -0.39 is 0 Å². The highest BCUT2D eigenvalue weighted by Gasteiger charge is 2.15. The number of nitrogens with zero attached hydrogens (tertiary/aromatic N) is 3. The van der Waals surface area contributed by atoms with Crippen LogP contribution in [0.25, 0.3) is 22.4 Å². The molecule has 0 unspecified atom stereocenters. The lowest BCUT2D eigenvalue weighted by molar-refractivity contribution is -0.113. The van der Waals surface area contributed by atoms with E-state index in [0.717, 1.165) is 28.2 Å². The molecule has 0 saturated carbocycles. The van der Waals surface area contributed by atoms with E-state index in [1.807, 2.05) is 36.5 Å². The van der Waals surface area contributed by atoms with Gasteiger partial charge in [0.25, 0.3) is 11.1 Å². The van der Waals surface area contributed by atoms with Crippen LogP contribution in [0.15, 0.2) is 51.5 Å². The first-order valence-corrected chi connectivity index (χ1v) is 9.41. The molecule has 7 nitrogen and oxygen atoms in total. The van der Waals surface area contributed by atoms with Crippen molar-refractivity contribution >= 4 is 44.9 Å². The number of rotatable bonds is 5. The lowest BCUT2D eigenvalue weighted by Crippen LogP contribution is -2.13. The fourth-order valence-electron chi connectivity index (χ4n) is 2.41. The van der Waals surface area contributed by atoms with E-state index >= 15 is 0 Å². The molecule has 1 amide bonds. The third kappa shape index (κ3) is 3.20. The van der Waals surface area contributed by atoms with Gasteiger partial charge < -0.3 is 14.7 Å². The quantitative estimate of drug-likeness (QED) is 0.508. The second kappa shape index (κ2) is 7.03. The minimum Gasteiger partial charge on any atom is -0.411 e. The van der Waals surface area contributed by atoms with Gasteiger partial charge in [0.05, 0.1) is 16.9 Å². The number of carbonyl (C=O) groups excluding carboxylic acids is 1. The van der Waals surface area contributed by atoms with E-state index in [1.165, 1.54) is 11.3 Å². The topological polar surface area (TPSA) is 108 Å².